The first-order valence-corrected chi connectivity index (χ1v) is 10.00. The molecule has 1 heterocycles. The summed E-state index contributed by atoms with van der Waals surface area (Å²) in [6.45, 7) is 8.84. The Hall–Kier alpha value is -2.92. The predicted molar refractivity (Wildman–Crippen MR) is 115 cm³/mol. The van der Waals surface area contributed by atoms with E-state index >= 15 is 0 Å². The SMILES string of the molecule is Cc1ccc(NC2=C(c3ccccc3)C(=O)N(CCCOC(C)C)C2=O)cc1C. The van der Waals surface area contributed by atoms with Gasteiger partial charge in [0.1, 0.15) is 5.70 Å². The number of nitrogens with zero attached hydrogens (tertiary/aromatic N) is 1. The third-order valence-corrected chi connectivity index (χ3v) is 4.98. The Balaban J connectivity index is 1.89. The van der Waals surface area contributed by atoms with Crippen LogP contribution in [0.1, 0.15) is 37.0 Å². The lowest BCUT2D eigenvalue weighted by Gasteiger charge is -2.16. The number of carbonyl (C=O) groups is 2. The van der Waals surface area contributed by atoms with Crippen LogP contribution < -0.4 is 5.32 Å². The van der Waals surface area contributed by atoms with Gasteiger partial charge in [0.15, 0.2) is 0 Å². The van der Waals surface area contributed by atoms with Gasteiger partial charge in [0, 0.05) is 18.8 Å². The van der Waals surface area contributed by atoms with Gasteiger partial charge in [-0.1, -0.05) is 36.4 Å². The summed E-state index contributed by atoms with van der Waals surface area (Å²) in [6.07, 6.45) is 0.731. The molecule has 0 saturated carbocycles. The van der Waals surface area contributed by atoms with Crippen molar-refractivity contribution in [1.82, 2.24) is 4.90 Å². The Labute approximate surface area is 172 Å². The molecule has 29 heavy (non-hydrogen) atoms. The van der Waals surface area contributed by atoms with Crippen molar-refractivity contribution in [1.29, 1.82) is 0 Å². The maximum atomic E-state index is 13.1. The minimum atomic E-state index is -0.295. The molecule has 1 aliphatic heterocycles. The molecule has 0 atom stereocenters. The van der Waals surface area contributed by atoms with E-state index in [2.05, 4.69) is 5.32 Å². The molecule has 5 nitrogen and oxygen atoms in total. The average Bonchev–Trinajstić information content (AvgIpc) is 2.92. The van der Waals surface area contributed by atoms with Gasteiger partial charge in [-0.2, -0.15) is 0 Å². The number of aryl methyl sites for hydroxylation is 2. The van der Waals surface area contributed by atoms with Gasteiger partial charge in [-0.3, -0.25) is 14.5 Å². The molecule has 1 N–H and O–H groups in total. The smallest absolute Gasteiger partial charge is 0.278 e. The Morgan fingerprint density at radius 2 is 1.69 bits per heavy atom. The molecular weight excluding hydrogens is 364 g/mol. The van der Waals surface area contributed by atoms with Crippen LogP contribution >= 0.6 is 0 Å². The highest BCUT2D eigenvalue weighted by atomic mass is 16.5. The first-order chi connectivity index (χ1) is 13.9. The molecule has 152 valence electrons. The number of nitrogens with one attached hydrogen (secondary N) is 1. The third-order valence-electron chi connectivity index (χ3n) is 4.98. The van der Waals surface area contributed by atoms with Gasteiger partial charge < -0.3 is 10.1 Å². The van der Waals surface area contributed by atoms with Crippen molar-refractivity contribution in [2.24, 2.45) is 0 Å². The molecule has 5 heteroatoms. The molecule has 2 amide bonds. The number of imide groups is 1. The standard InChI is InChI=1S/C24H28N2O3/c1-16(2)29-14-8-13-26-23(27)21(19-9-6-5-7-10-19)22(24(26)28)25-20-12-11-17(3)18(4)15-20/h5-7,9-12,15-16,25H,8,13-14H2,1-4H3. The normalized spacial score (nSPS) is 14.3. The summed E-state index contributed by atoms with van der Waals surface area (Å²) in [7, 11) is 0. The summed E-state index contributed by atoms with van der Waals surface area (Å²) in [5.41, 5.74) is 4.57. The van der Waals surface area contributed by atoms with Crippen LogP contribution in [0.5, 0.6) is 0 Å². The summed E-state index contributed by atoms with van der Waals surface area (Å²) in [6, 6.07) is 15.3. The Kier molecular flexibility index (Phi) is 6.49. The van der Waals surface area contributed by atoms with Gasteiger partial charge >= 0.3 is 0 Å². The van der Waals surface area contributed by atoms with Crippen molar-refractivity contribution in [2.45, 2.75) is 40.2 Å². The van der Waals surface area contributed by atoms with E-state index in [1.807, 2.05) is 76.2 Å². The van der Waals surface area contributed by atoms with Crippen LogP contribution in [0.25, 0.3) is 5.57 Å². The summed E-state index contributed by atoms with van der Waals surface area (Å²) in [5.74, 6) is -0.561. The van der Waals surface area contributed by atoms with Gasteiger partial charge in [-0.25, -0.2) is 0 Å². The molecule has 0 fully saturated rings. The monoisotopic (exact) mass is 392 g/mol. The van der Waals surface area contributed by atoms with Crippen LogP contribution in [0.3, 0.4) is 0 Å². The maximum absolute atomic E-state index is 13.1. The summed E-state index contributed by atoms with van der Waals surface area (Å²) in [4.78, 5) is 27.6. The van der Waals surface area contributed by atoms with Crippen LogP contribution in [0.4, 0.5) is 5.69 Å². The third kappa shape index (κ3) is 4.74. The van der Waals surface area contributed by atoms with Gasteiger partial charge in [0.25, 0.3) is 11.8 Å². The van der Waals surface area contributed by atoms with Crippen LogP contribution in [-0.2, 0) is 14.3 Å². The number of hydrogen-bond acceptors (Lipinski definition) is 4. The highest BCUT2D eigenvalue weighted by Gasteiger charge is 2.38. The topological polar surface area (TPSA) is 58.6 Å². The van der Waals surface area contributed by atoms with Crippen LogP contribution in [0, 0.1) is 13.8 Å². The lowest BCUT2D eigenvalue weighted by Crippen LogP contribution is -2.34. The zero-order chi connectivity index (χ0) is 21.0. The van der Waals surface area contributed by atoms with Crippen molar-refractivity contribution in [2.75, 3.05) is 18.5 Å². The first-order valence-electron chi connectivity index (χ1n) is 10.00. The van der Waals surface area contributed by atoms with E-state index in [0.29, 0.717) is 30.8 Å². The highest BCUT2D eigenvalue weighted by Crippen LogP contribution is 2.31. The van der Waals surface area contributed by atoms with Crippen LogP contribution in [0.2, 0.25) is 0 Å². The Morgan fingerprint density at radius 1 is 0.966 bits per heavy atom. The van der Waals surface area contributed by atoms with E-state index < -0.39 is 0 Å². The van der Waals surface area contributed by atoms with Crippen LogP contribution in [0.15, 0.2) is 54.2 Å². The molecule has 2 aromatic carbocycles. The molecule has 0 unspecified atom stereocenters. The lowest BCUT2D eigenvalue weighted by atomic mass is 10.0. The Bertz CT molecular complexity index is 932. The van der Waals surface area contributed by atoms with Crippen molar-refractivity contribution in [3.05, 3.63) is 70.9 Å². The van der Waals surface area contributed by atoms with E-state index in [-0.39, 0.29) is 17.9 Å². The molecule has 3 rings (SSSR count). The zero-order valence-electron chi connectivity index (χ0n) is 17.5. The first kappa shape index (κ1) is 20.8. The number of rotatable bonds is 8. The second kappa shape index (κ2) is 9.05. The molecule has 1 aliphatic rings. The highest BCUT2D eigenvalue weighted by molar-refractivity contribution is 6.36. The van der Waals surface area contributed by atoms with E-state index in [0.717, 1.165) is 16.8 Å². The largest absolute Gasteiger partial charge is 0.379 e. The second-order valence-corrected chi connectivity index (χ2v) is 7.58. The van der Waals surface area contributed by atoms with Crippen molar-refractivity contribution in [3.63, 3.8) is 0 Å². The summed E-state index contributed by atoms with van der Waals surface area (Å²) >= 11 is 0. The summed E-state index contributed by atoms with van der Waals surface area (Å²) < 4.78 is 5.55. The van der Waals surface area contributed by atoms with Crippen molar-refractivity contribution in [3.8, 4) is 0 Å². The molecule has 2 aromatic rings. The summed E-state index contributed by atoms with van der Waals surface area (Å²) in [5, 5.41) is 3.21. The minimum Gasteiger partial charge on any atom is -0.379 e. The minimum absolute atomic E-state index is 0.125. The number of amides is 2. The zero-order valence-corrected chi connectivity index (χ0v) is 17.5. The number of anilines is 1. The fourth-order valence-electron chi connectivity index (χ4n) is 3.27. The fraction of sp³-hybridized carbons (Fsp3) is 0.333. The van der Waals surface area contributed by atoms with E-state index in [4.69, 9.17) is 4.74 Å². The molecule has 0 bridgehead atoms. The molecular formula is C24H28N2O3. The molecule has 0 aromatic heterocycles. The Morgan fingerprint density at radius 3 is 2.34 bits per heavy atom. The van der Waals surface area contributed by atoms with E-state index in [9.17, 15) is 9.59 Å². The van der Waals surface area contributed by atoms with Gasteiger partial charge in [0.2, 0.25) is 0 Å². The lowest BCUT2D eigenvalue weighted by molar-refractivity contribution is -0.137. The number of ether oxygens (including phenoxy) is 1. The molecule has 0 spiro atoms. The van der Waals surface area contributed by atoms with E-state index in [1.165, 1.54) is 10.5 Å². The van der Waals surface area contributed by atoms with E-state index in [1.54, 1.807) is 0 Å². The van der Waals surface area contributed by atoms with Crippen LogP contribution in [-0.4, -0.2) is 36.0 Å². The van der Waals surface area contributed by atoms with Gasteiger partial charge in [0.05, 0.1) is 11.7 Å². The number of carbonyl (C=O) groups excluding carboxylic acids is 2. The quantitative estimate of drug-likeness (QED) is 0.537. The van der Waals surface area contributed by atoms with Gasteiger partial charge in [-0.15, -0.1) is 0 Å². The average molecular weight is 392 g/mol. The second-order valence-electron chi connectivity index (χ2n) is 7.58. The fourth-order valence-corrected chi connectivity index (χ4v) is 3.27. The molecule has 0 saturated heterocycles. The molecule has 0 aliphatic carbocycles. The van der Waals surface area contributed by atoms with Crippen molar-refractivity contribution < 1.29 is 14.3 Å². The number of hydrogen-bond donors (Lipinski definition) is 1. The van der Waals surface area contributed by atoms with Crippen molar-refractivity contribution >= 4 is 23.1 Å². The number of benzene rings is 2. The van der Waals surface area contributed by atoms with Gasteiger partial charge in [-0.05, 0) is 62.9 Å². The molecule has 0 radical (unpaired) electrons. The predicted octanol–water partition coefficient (Wildman–Crippen LogP) is 4.31. The maximum Gasteiger partial charge on any atom is 0.278 e.